The highest BCUT2D eigenvalue weighted by atomic mass is 35.5. The van der Waals surface area contributed by atoms with Crippen LogP contribution in [-0.4, -0.2) is 43.3 Å². The lowest BCUT2D eigenvalue weighted by atomic mass is 10.1. The molecule has 2 unspecified atom stereocenters. The molecule has 278 valence electrons. The first-order valence-electron chi connectivity index (χ1n) is 19.8. The number of likely N-dealkylation sites (N-methyl/N-ethyl adjacent to an activating group) is 1. The van der Waals surface area contributed by atoms with Crippen molar-refractivity contribution >= 4 is 24.3 Å². The van der Waals surface area contributed by atoms with Crippen LogP contribution in [0.5, 0.6) is 0 Å². The number of nitrogens with zero attached hydrogens (tertiary/aromatic N) is 1. The second kappa shape index (κ2) is 37.5. The number of hydrogen-bond donors (Lipinski definition) is 0. The van der Waals surface area contributed by atoms with Crippen LogP contribution in [0.1, 0.15) is 201 Å². The van der Waals surface area contributed by atoms with E-state index in [1.54, 1.807) is 0 Å². The molecule has 0 saturated heterocycles. The molecular formula is C41H78ClNO4. The van der Waals surface area contributed by atoms with Gasteiger partial charge in [0, 0.05) is 12.8 Å². The van der Waals surface area contributed by atoms with Crippen LogP contribution in [0.3, 0.4) is 0 Å². The van der Waals surface area contributed by atoms with Crippen molar-refractivity contribution in [2.24, 2.45) is 0 Å². The molecule has 0 rings (SSSR count). The van der Waals surface area contributed by atoms with E-state index in [9.17, 15) is 9.59 Å². The molecule has 0 aliphatic rings. The molecule has 6 heteroatoms. The van der Waals surface area contributed by atoms with Crippen LogP contribution in [0.15, 0.2) is 24.3 Å². The smallest absolute Gasteiger partial charge is 0.307 e. The molecule has 0 spiro atoms. The van der Waals surface area contributed by atoms with Crippen LogP contribution in [0, 0.1) is 0 Å². The van der Waals surface area contributed by atoms with Gasteiger partial charge in [0.15, 0.2) is 6.23 Å². The number of esters is 2. The van der Waals surface area contributed by atoms with Crippen molar-refractivity contribution < 1.29 is 19.1 Å². The first-order chi connectivity index (χ1) is 22.4. The SMILES string of the molecule is CCCCCCCC/C=C\CCCCCCCC(=O)OC(C)C(OC(=O)CCCCCCC/C=C\CCCCCCCC)N(C)C.Cl. The van der Waals surface area contributed by atoms with Crippen molar-refractivity contribution in [2.75, 3.05) is 14.1 Å². The normalized spacial score (nSPS) is 12.9. The fourth-order valence-corrected chi connectivity index (χ4v) is 5.82. The number of carbonyl (C=O) groups is 2. The second-order valence-electron chi connectivity index (χ2n) is 13.7. The van der Waals surface area contributed by atoms with Gasteiger partial charge in [0.2, 0.25) is 0 Å². The first kappa shape index (κ1) is 47.8. The van der Waals surface area contributed by atoms with Crippen LogP contribution in [0.4, 0.5) is 0 Å². The Hall–Kier alpha value is -1.33. The third-order valence-electron chi connectivity index (χ3n) is 8.77. The summed E-state index contributed by atoms with van der Waals surface area (Å²) in [4.78, 5) is 26.8. The lowest BCUT2D eigenvalue weighted by Gasteiger charge is -2.29. The number of allylic oxidation sites excluding steroid dienone is 4. The number of rotatable bonds is 34. The van der Waals surface area contributed by atoms with Crippen LogP contribution >= 0.6 is 12.4 Å². The lowest BCUT2D eigenvalue weighted by Crippen LogP contribution is -2.43. The van der Waals surface area contributed by atoms with Crippen LogP contribution in [0.25, 0.3) is 0 Å². The van der Waals surface area contributed by atoms with Gasteiger partial charge in [0.1, 0.15) is 6.10 Å². The molecule has 0 saturated carbocycles. The van der Waals surface area contributed by atoms with Gasteiger partial charge in [-0.1, -0.05) is 141 Å². The topological polar surface area (TPSA) is 55.8 Å². The molecular weight excluding hydrogens is 606 g/mol. The zero-order valence-electron chi connectivity index (χ0n) is 31.8. The quantitative estimate of drug-likeness (QED) is 0.0292. The van der Waals surface area contributed by atoms with Crippen molar-refractivity contribution in [3.8, 4) is 0 Å². The van der Waals surface area contributed by atoms with Gasteiger partial charge in [-0.2, -0.15) is 0 Å². The minimum atomic E-state index is -0.561. The predicted molar refractivity (Wildman–Crippen MR) is 205 cm³/mol. The zero-order chi connectivity index (χ0) is 33.9. The minimum Gasteiger partial charge on any atom is -0.457 e. The fourth-order valence-electron chi connectivity index (χ4n) is 5.82. The van der Waals surface area contributed by atoms with Crippen molar-refractivity contribution in [3.63, 3.8) is 0 Å². The Balaban J connectivity index is 0. The molecule has 0 fully saturated rings. The van der Waals surface area contributed by atoms with E-state index in [2.05, 4.69) is 38.2 Å². The molecule has 0 aliphatic carbocycles. The van der Waals surface area contributed by atoms with Gasteiger partial charge in [-0.25, -0.2) is 0 Å². The highest BCUT2D eigenvalue weighted by molar-refractivity contribution is 5.85. The van der Waals surface area contributed by atoms with Gasteiger partial charge >= 0.3 is 11.9 Å². The summed E-state index contributed by atoms with van der Waals surface area (Å²) in [6, 6.07) is 0. The number of halogens is 1. The van der Waals surface area contributed by atoms with Crippen LogP contribution in [0.2, 0.25) is 0 Å². The van der Waals surface area contributed by atoms with Crippen molar-refractivity contribution in [1.29, 1.82) is 0 Å². The average Bonchev–Trinajstić information content (AvgIpc) is 3.03. The predicted octanol–water partition coefficient (Wildman–Crippen LogP) is 12.8. The molecule has 47 heavy (non-hydrogen) atoms. The Morgan fingerprint density at radius 3 is 1.13 bits per heavy atom. The maximum absolute atomic E-state index is 12.5. The van der Waals surface area contributed by atoms with Crippen molar-refractivity contribution in [1.82, 2.24) is 4.90 Å². The Morgan fingerprint density at radius 2 is 0.787 bits per heavy atom. The maximum atomic E-state index is 12.5. The summed E-state index contributed by atoms with van der Waals surface area (Å²) in [5.74, 6) is -0.415. The molecule has 0 aromatic rings. The highest BCUT2D eigenvalue weighted by Gasteiger charge is 2.26. The highest BCUT2D eigenvalue weighted by Crippen LogP contribution is 2.15. The number of ether oxygens (including phenoxy) is 2. The fraction of sp³-hybridized carbons (Fsp3) is 0.854. The summed E-state index contributed by atoms with van der Waals surface area (Å²) < 4.78 is 11.4. The summed E-state index contributed by atoms with van der Waals surface area (Å²) in [5, 5.41) is 0. The standard InChI is InChI=1S/C41H77NO4.ClH/c1-6-8-10-12-14-16-18-20-22-24-26-28-30-32-34-36-39(43)45-38(3)41(42(4)5)46-40(44)37-35-33-31-29-27-25-23-21-19-17-15-13-11-9-7-2;/h20-23,38,41H,6-19,24-37H2,1-5H3;1H/b22-20-,23-21-;. The van der Waals surface area contributed by atoms with E-state index in [1.807, 2.05) is 25.9 Å². The van der Waals surface area contributed by atoms with Crippen LogP contribution in [-0.2, 0) is 19.1 Å². The largest absolute Gasteiger partial charge is 0.457 e. The van der Waals surface area contributed by atoms with Crippen LogP contribution < -0.4 is 0 Å². The molecule has 0 aliphatic heterocycles. The Kier molecular flexibility index (Phi) is 38.1. The van der Waals surface area contributed by atoms with Gasteiger partial charge in [-0.05, 0) is 85.2 Å². The van der Waals surface area contributed by atoms with Gasteiger partial charge in [-0.15, -0.1) is 12.4 Å². The van der Waals surface area contributed by atoms with E-state index in [4.69, 9.17) is 9.47 Å². The molecule has 0 N–H and O–H groups in total. The van der Waals surface area contributed by atoms with E-state index in [0.717, 1.165) is 51.4 Å². The number of hydrogen-bond acceptors (Lipinski definition) is 5. The monoisotopic (exact) mass is 684 g/mol. The van der Waals surface area contributed by atoms with Gasteiger partial charge < -0.3 is 9.47 Å². The summed E-state index contributed by atoms with van der Waals surface area (Å²) in [6.45, 7) is 6.35. The van der Waals surface area contributed by atoms with Gasteiger partial charge in [0.05, 0.1) is 0 Å². The van der Waals surface area contributed by atoms with E-state index in [-0.39, 0.29) is 24.3 Å². The third-order valence-corrected chi connectivity index (χ3v) is 8.77. The molecule has 0 radical (unpaired) electrons. The maximum Gasteiger partial charge on any atom is 0.307 e. The lowest BCUT2D eigenvalue weighted by molar-refractivity contribution is -0.179. The van der Waals surface area contributed by atoms with E-state index >= 15 is 0 Å². The third kappa shape index (κ3) is 34.3. The van der Waals surface area contributed by atoms with Crippen molar-refractivity contribution in [3.05, 3.63) is 24.3 Å². The van der Waals surface area contributed by atoms with E-state index < -0.39 is 12.3 Å². The molecule has 0 aromatic carbocycles. The van der Waals surface area contributed by atoms with Gasteiger partial charge in [0.25, 0.3) is 0 Å². The molecule has 0 heterocycles. The Bertz CT molecular complexity index is 739. The second-order valence-corrected chi connectivity index (χ2v) is 13.7. The minimum absolute atomic E-state index is 0. The Labute approximate surface area is 298 Å². The summed E-state index contributed by atoms with van der Waals surface area (Å²) in [6.07, 6.45) is 41.2. The summed E-state index contributed by atoms with van der Waals surface area (Å²) in [7, 11) is 3.71. The van der Waals surface area contributed by atoms with Crippen molar-refractivity contribution in [2.45, 2.75) is 213 Å². The van der Waals surface area contributed by atoms with Gasteiger partial charge in [-0.3, -0.25) is 14.5 Å². The summed E-state index contributed by atoms with van der Waals surface area (Å²) in [5.41, 5.74) is 0. The van der Waals surface area contributed by atoms with E-state index in [0.29, 0.717) is 12.8 Å². The molecule has 0 bridgehead atoms. The van der Waals surface area contributed by atoms with E-state index in [1.165, 1.54) is 116 Å². The number of carbonyl (C=O) groups excluding carboxylic acids is 2. The zero-order valence-corrected chi connectivity index (χ0v) is 32.6. The first-order valence-corrected chi connectivity index (χ1v) is 19.8. The average molecular weight is 685 g/mol. The number of unbranched alkanes of at least 4 members (excludes halogenated alkanes) is 22. The molecule has 0 amide bonds. The Morgan fingerprint density at radius 1 is 0.489 bits per heavy atom. The molecule has 2 atom stereocenters. The molecule has 5 nitrogen and oxygen atoms in total. The summed E-state index contributed by atoms with van der Waals surface area (Å²) >= 11 is 0. The molecule has 0 aromatic heterocycles.